The molecule has 26 heavy (non-hydrogen) atoms. The standard InChI is InChI=1S/C19H27ClN4O2/c1-6-24(11-18(26)23-19(5,12-21)13(2)3)10-17(25)22-16-9-15(20)8-7-14(16)4/h7-9,13H,6,10-11H2,1-5H3,(H,22,25)(H,23,26)/t19-/m0/s1. The quantitative estimate of drug-likeness (QED) is 0.728. The Labute approximate surface area is 160 Å². The Balaban J connectivity index is 2.66. The molecule has 0 aliphatic rings. The minimum Gasteiger partial charge on any atom is -0.337 e. The number of carbonyl (C=O) groups is 2. The first-order chi connectivity index (χ1) is 12.1. The number of rotatable bonds is 8. The Hall–Kier alpha value is -2.10. The van der Waals surface area contributed by atoms with Crippen molar-refractivity contribution in [1.29, 1.82) is 5.26 Å². The third kappa shape index (κ3) is 6.32. The molecule has 1 aromatic rings. The van der Waals surface area contributed by atoms with Crippen LogP contribution in [0.25, 0.3) is 0 Å². The molecule has 0 aromatic heterocycles. The van der Waals surface area contributed by atoms with Crippen molar-refractivity contribution in [2.75, 3.05) is 25.0 Å². The fourth-order valence-electron chi connectivity index (χ4n) is 2.23. The van der Waals surface area contributed by atoms with Gasteiger partial charge in [0.1, 0.15) is 5.54 Å². The van der Waals surface area contributed by atoms with Crippen molar-refractivity contribution < 1.29 is 9.59 Å². The molecule has 0 bridgehead atoms. The van der Waals surface area contributed by atoms with E-state index in [1.165, 1.54) is 0 Å². The number of amides is 2. The molecule has 0 unspecified atom stereocenters. The lowest BCUT2D eigenvalue weighted by Crippen LogP contribution is -2.52. The van der Waals surface area contributed by atoms with Crippen LogP contribution in [-0.2, 0) is 9.59 Å². The third-order valence-electron chi connectivity index (χ3n) is 4.44. The topological polar surface area (TPSA) is 85.2 Å². The summed E-state index contributed by atoms with van der Waals surface area (Å²) in [5, 5.41) is 15.4. The van der Waals surface area contributed by atoms with Gasteiger partial charge in [-0.05, 0) is 44.0 Å². The number of halogens is 1. The smallest absolute Gasteiger partial charge is 0.238 e. The van der Waals surface area contributed by atoms with E-state index in [4.69, 9.17) is 11.6 Å². The molecule has 6 nitrogen and oxygen atoms in total. The largest absolute Gasteiger partial charge is 0.337 e. The van der Waals surface area contributed by atoms with Gasteiger partial charge < -0.3 is 10.6 Å². The Kier molecular flexibility index (Phi) is 8.07. The average molecular weight is 379 g/mol. The molecule has 142 valence electrons. The van der Waals surface area contributed by atoms with Crippen LogP contribution in [0.4, 0.5) is 5.69 Å². The Morgan fingerprint density at radius 1 is 1.31 bits per heavy atom. The summed E-state index contributed by atoms with van der Waals surface area (Å²) in [6, 6.07) is 7.43. The molecule has 1 atom stereocenters. The van der Waals surface area contributed by atoms with Crippen LogP contribution in [0.2, 0.25) is 5.02 Å². The minimum absolute atomic E-state index is 0.0272. The summed E-state index contributed by atoms with van der Waals surface area (Å²) >= 11 is 5.96. The van der Waals surface area contributed by atoms with E-state index in [0.717, 1.165) is 5.56 Å². The first kappa shape index (κ1) is 21.9. The first-order valence-electron chi connectivity index (χ1n) is 8.62. The SMILES string of the molecule is CCN(CC(=O)Nc1cc(Cl)ccc1C)CC(=O)N[C@@](C)(C#N)C(C)C. The fourth-order valence-corrected chi connectivity index (χ4v) is 2.41. The molecule has 0 saturated heterocycles. The van der Waals surface area contributed by atoms with Crippen LogP contribution in [0.15, 0.2) is 18.2 Å². The summed E-state index contributed by atoms with van der Waals surface area (Å²) in [5.41, 5.74) is 0.626. The normalized spacial score (nSPS) is 13.2. The molecule has 0 aliphatic heterocycles. The second-order valence-corrected chi connectivity index (χ2v) is 7.26. The maximum absolute atomic E-state index is 12.3. The highest BCUT2D eigenvalue weighted by Gasteiger charge is 2.30. The number of anilines is 1. The summed E-state index contributed by atoms with van der Waals surface area (Å²) in [7, 11) is 0. The van der Waals surface area contributed by atoms with Crippen LogP contribution < -0.4 is 10.6 Å². The van der Waals surface area contributed by atoms with Crippen LogP contribution in [0.1, 0.15) is 33.3 Å². The summed E-state index contributed by atoms with van der Waals surface area (Å²) in [6.07, 6.45) is 0. The van der Waals surface area contributed by atoms with Crippen molar-refractivity contribution in [3.05, 3.63) is 28.8 Å². The predicted octanol–water partition coefficient (Wildman–Crippen LogP) is 2.96. The number of hydrogen-bond acceptors (Lipinski definition) is 4. The maximum Gasteiger partial charge on any atom is 0.238 e. The van der Waals surface area contributed by atoms with Gasteiger partial charge in [0.2, 0.25) is 11.8 Å². The van der Waals surface area contributed by atoms with Crippen LogP contribution in [0, 0.1) is 24.2 Å². The van der Waals surface area contributed by atoms with Crippen LogP contribution >= 0.6 is 11.6 Å². The second kappa shape index (κ2) is 9.56. The van der Waals surface area contributed by atoms with Crippen LogP contribution in [0.5, 0.6) is 0 Å². The van der Waals surface area contributed by atoms with E-state index in [-0.39, 0.29) is 30.8 Å². The third-order valence-corrected chi connectivity index (χ3v) is 4.68. The van der Waals surface area contributed by atoms with E-state index in [0.29, 0.717) is 17.3 Å². The van der Waals surface area contributed by atoms with Crippen molar-refractivity contribution in [1.82, 2.24) is 10.2 Å². The van der Waals surface area contributed by atoms with Crippen molar-refractivity contribution in [2.24, 2.45) is 5.92 Å². The summed E-state index contributed by atoms with van der Waals surface area (Å²) in [4.78, 5) is 26.3. The lowest BCUT2D eigenvalue weighted by atomic mass is 9.90. The van der Waals surface area contributed by atoms with Gasteiger partial charge in [-0.2, -0.15) is 5.26 Å². The van der Waals surface area contributed by atoms with Crippen LogP contribution in [0.3, 0.4) is 0 Å². The van der Waals surface area contributed by atoms with Gasteiger partial charge in [-0.1, -0.05) is 38.4 Å². The monoisotopic (exact) mass is 378 g/mol. The molecule has 2 amide bonds. The van der Waals surface area contributed by atoms with Crippen molar-refractivity contribution in [3.8, 4) is 6.07 Å². The number of nitrogens with zero attached hydrogens (tertiary/aromatic N) is 2. The van der Waals surface area contributed by atoms with Gasteiger partial charge >= 0.3 is 0 Å². The van der Waals surface area contributed by atoms with Crippen molar-refractivity contribution in [2.45, 2.75) is 40.2 Å². The highest BCUT2D eigenvalue weighted by Crippen LogP contribution is 2.20. The van der Waals surface area contributed by atoms with E-state index in [9.17, 15) is 14.9 Å². The number of benzene rings is 1. The van der Waals surface area contributed by atoms with Gasteiger partial charge in [-0.15, -0.1) is 0 Å². The molecular formula is C19H27ClN4O2. The molecular weight excluding hydrogens is 352 g/mol. The number of nitrogens with one attached hydrogen (secondary N) is 2. The summed E-state index contributed by atoms with van der Waals surface area (Å²) in [6.45, 7) is 9.84. The van der Waals surface area contributed by atoms with E-state index in [1.54, 1.807) is 24.0 Å². The number of carbonyl (C=O) groups excluding carboxylic acids is 2. The van der Waals surface area contributed by atoms with E-state index >= 15 is 0 Å². The Morgan fingerprint density at radius 3 is 2.46 bits per heavy atom. The van der Waals surface area contributed by atoms with Gasteiger partial charge in [-0.25, -0.2) is 0 Å². The molecule has 7 heteroatoms. The van der Waals surface area contributed by atoms with E-state index in [1.807, 2.05) is 33.8 Å². The lowest BCUT2D eigenvalue weighted by Gasteiger charge is -2.29. The number of aryl methyl sites for hydroxylation is 1. The molecule has 2 N–H and O–H groups in total. The Morgan fingerprint density at radius 2 is 1.92 bits per heavy atom. The number of nitriles is 1. The van der Waals surface area contributed by atoms with Crippen molar-refractivity contribution in [3.63, 3.8) is 0 Å². The van der Waals surface area contributed by atoms with Crippen molar-refractivity contribution >= 4 is 29.1 Å². The van der Waals surface area contributed by atoms with Crippen LogP contribution in [-0.4, -0.2) is 41.9 Å². The first-order valence-corrected chi connectivity index (χ1v) is 8.99. The highest BCUT2D eigenvalue weighted by atomic mass is 35.5. The average Bonchev–Trinajstić information content (AvgIpc) is 2.57. The molecule has 0 heterocycles. The number of likely N-dealkylation sites (N-methyl/N-ethyl adjacent to an activating group) is 1. The molecule has 0 aliphatic carbocycles. The number of hydrogen-bond donors (Lipinski definition) is 2. The molecule has 0 fully saturated rings. The molecule has 1 rings (SSSR count). The van der Waals surface area contributed by atoms with E-state index < -0.39 is 5.54 Å². The zero-order chi connectivity index (χ0) is 19.9. The van der Waals surface area contributed by atoms with Gasteiger partial charge in [0.25, 0.3) is 0 Å². The second-order valence-electron chi connectivity index (χ2n) is 6.83. The highest BCUT2D eigenvalue weighted by molar-refractivity contribution is 6.31. The zero-order valence-electron chi connectivity index (χ0n) is 16.0. The molecule has 0 spiro atoms. The molecule has 0 radical (unpaired) electrons. The van der Waals surface area contributed by atoms with Gasteiger partial charge in [0, 0.05) is 10.7 Å². The lowest BCUT2D eigenvalue weighted by molar-refractivity contribution is -0.124. The maximum atomic E-state index is 12.3. The Bertz CT molecular complexity index is 699. The minimum atomic E-state index is -0.934. The van der Waals surface area contributed by atoms with E-state index in [2.05, 4.69) is 16.7 Å². The zero-order valence-corrected chi connectivity index (χ0v) is 16.8. The molecule has 1 aromatic carbocycles. The fraction of sp³-hybridized carbons (Fsp3) is 0.526. The van der Waals surface area contributed by atoms with Gasteiger partial charge in [0.05, 0.1) is 19.2 Å². The predicted molar refractivity (Wildman–Crippen MR) is 104 cm³/mol. The van der Waals surface area contributed by atoms with Gasteiger partial charge in [0.15, 0.2) is 0 Å². The summed E-state index contributed by atoms with van der Waals surface area (Å²) in [5.74, 6) is -0.533. The van der Waals surface area contributed by atoms with Gasteiger partial charge in [-0.3, -0.25) is 14.5 Å². The molecule has 0 saturated carbocycles. The summed E-state index contributed by atoms with van der Waals surface area (Å²) < 4.78 is 0.